The molecule has 2 aromatic rings. The molecule has 2 heterocycles. The molecule has 1 aliphatic rings. The van der Waals surface area contributed by atoms with E-state index in [1.54, 1.807) is 0 Å². The van der Waals surface area contributed by atoms with Gasteiger partial charge in [-0.1, -0.05) is 44.0 Å². The Bertz CT molecular complexity index is 715. The first kappa shape index (κ1) is 16.3. The lowest BCUT2D eigenvalue weighted by Crippen LogP contribution is -2.35. The van der Waals surface area contributed by atoms with E-state index in [2.05, 4.69) is 33.7 Å². The number of rotatable bonds is 5. The van der Waals surface area contributed by atoms with Crippen molar-refractivity contribution in [3.05, 3.63) is 34.6 Å². The Morgan fingerprint density at radius 2 is 2.17 bits per heavy atom. The van der Waals surface area contributed by atoms with Crippen molar-refractivity contribution in [3.63, 3.8) is 0 Å². The molecule has 1 aromatic carbocycles. The molecule has 1 aromatic heterocycles. The third-order valence-corrected chi connectivity index (χ3v) is 5.15. The molecular formula is C17H24N4OS. The summed E-state index contributed by atoms with van der Waals surface area (Å²) in [5.41, 5.74) is -0.136. The number of fused-ring (bicyclic) bond motifs is 1. The molecule has 0 radical (unpaired) electrons. The molecule has 0 saturated carbocycles. The third-order valence-electron chi connectivity index (χ3n) is 4.10. The molecule has 1 unspecified atom stereocenters. The Kier molecular flexibility index (Phi) is 5.23. The van der Waals surface area contributed by atoms with Gasteiger partial charge in [-0.3, -0.25) is 9.10 Å². The highest BCUT2D eigenvalue weighted by Gasteiger charge is 2.21. The van der Waals surface area contributed by atoms with Crippen LogP contribution >= 0.6 is 11.9 Å². The Morgan fingerprint density at radius 3 is 2.96 bits per heavy atom. The topological polar surface area (TPSA) is 61.0 Å². The second kappa shape index (κ2) is 7.36. The van der Waals surface area contributed by atoms with Crippen LogP contribution in [0.4, 0.5) is 5.82 Å². The summed E-state index contributed by atoms with van der Waals surface area (Å²) in [4.78, 5) is 11.8. The second-order valence-corrected chi connectivity index (χ2v) is 8.05. The molecule has 2 N–H and O–H groups in total. The zero-order valence-electron chi connectivity index (χ0n) is 13.7. The van der Waals surface area contributed by atoms with Crippen LogP contribution in [-0.4, -0.2) is 39.4 Å². The minimum atomic E-state index is -0.136. The number of H-pyrrole nitrogens is 1. The van der Waals surface area contributed by atoms with Gasteiger partial charge in [-0.05, 0) is 24.8 Å². The summed E-state index contributed by atoms with van der Waals surface area (Å²) in [5.74, 6) is 1.39. The smallest absolute Gasteiger partial charge is 0.272 e. The Balaban J connectivity index is 1.67. The van der Waals surface area contributed by atoms with Gasteiger partial charge in [0.2, 0.25) is 0 Å². The second-order valence-electron chi connectivity index (χ2n) is 6.38. The van der Waals surface area contributed by atoms with Crippen molar-refractivity contribution in [3.8, 4) is 0 Å². The number of hydrogen-bond acceptors (Lipinski definition) is 5. The van der Waals surface area contributed by atoms with Crippen molar-refractivity contribution in [2.24, 2.45) is 5.92 Å². The molecule has 0 amide bonds. The highest BCUT2D eigenvalue weighted by Crippen LogP contribution is 2.26. The van der Waals surface area contributed by atoms with Gasteiger partial charge >= 0.3 is 0 Å². The summed E-state index contributed by atoms with van der Waals surface area (Å²) < 4.78 is 2.49. The van der Waals surface area contributed by atoms with Crippen LogP contribution in [0.25, 0.3) is 10.8 Å². The minimum absolute atomic E-state index is 0.136. The maximum Gasteiger partial charge on any atom is 0.272 e. The number of nitrogens with one attached hydrogen (secondary N) is 2. The van der Waals surface area contributed by atoms with Gasteiger partial charge in [0.1, 0.15) is 0 Å². The Labute approximate surface area is 141 Å². The normalized spacial score (nSPS) is 19.3. The fourth-order valence-corrected chi connectivity index (χ4v) is 4.21. The summed E-state index contributed by atoms with van der Waals surface area (Å²) in [5, 5.41) is 12.4. The van der Waals surface area contributed by atoms with Crippen LogP contribution < -0.4 is 10.9 Å². The lowest BCUT2D eigenvalue weighted by Gasteiger charge is -2.32. The maximum atomic E-state index is 11.8. The van der Waals surface area contributed by atoms with E-state index in [0.717, 1.165) is 24.3 Å². The number of benzene rings is 1. The standard InChI is InChI=1S/C17H24N4OS/c1-12(2)23-21-9-5-6-13(11-21)10-18-16-14-7-3-4-8-15(14)17(22)20-19-16/h3-4,7-8,12-13H,5-6,9-11H2,1-2H3,(H,18,19)(H,20,22). The van der Waals surface area contributed by atoms with E-state index in [-0.39, 0.29) is 5.56 Å². The van der Waals surface area contributed by atoms with Crippen molar-refractivity contribution < 1.29 is 0 Å². The average molecular weight is 332 g/mol. The van der Waals surface area contributed by atoms with Crippen molar-refractivity contribution in [2.45, 2.75) is 31.9 Å². The van der Waals surface area contributed by atoms with Gasteiger partial charge in [0.25, 0.3) is 5.56 Å². The largest absolute Gasteiger partial charge is 0.368 e. The summed E-state index contributed by atoms with van der Waals surface area (Å²) in [6.45, 7) is 7.65. The number of hydrogen-bond donors (Lipinski definition) is 2. The predicted molar refractivity (Wildman–Crippen MR) is 97.9 cm³/mol. The number of aromatic nitrogens is 2. The van der Waals surface area contributed by atoms with E-state index < -0.39 is 0 Å². The van der Waals surface area contributed by atoms with Gasteiger partial charge < -0.3 is 5.32 Å². The van der Waals surface area contributed by atoms with E-state index in [9.17, 15) is 4.79 Å². The molecule has 1 atom stereocenters. The first-order valence-corrected chi connectivity index (χ1v) is 9.10. The summed E-state index contributed by atoms with van der Waals surface area (Å²) in [6.07, 6.45) is 2.48. The molecule has 1 fully saturated rings. The summed E-state index contributed by atoms with van der Waals surface area (Å²) >= 11 is 1.95. The highest BCUT2D eigenvalue weighted by atomic mass is 32.2. The van der Waals surface area contributed by atoms with E-state index in [4.69, 9.17) is 0 Å². The Hall–Kier alpha value is -1.53. The molecule has 5 nitrogen and oxygen atoms in total. The van der Waals surface area contributed by atoms with Gasteiger partial charge in [0, 0.05) is 30.3 Å². The quantitative estimate of drug-likeness (QED) is 0.824. The first-order valence-electron chi connectivity index (χ1n) is 8.26. The average Bonchev–Trinajstić information content (AvgIpc) is 2.54. The van der Waals surface area contributed by atoms with Crippen molar-refractivity contribution in [1.29, 1.82) is 0 Å². The molecule has 3 rings (SSSR count). The number of piperidine rings is 1. The van der Waals surface area contributed by atoms with Crippen molar-refractivity contribution in [1.82, 2.24) is 14.5 Å². The number of aromatic amines is 1. The summed E-state index contributed by atoms with van der Waals surface area (Å²) in [7, 11) is 0. The van der Waals surface area contributed by atoms with Gasteiger partial charge in [-0.15, -0.1) is 0 Å². The van der Waals surface area contributed by atoms with Crippen LogP contribution in [0.5, 0.6) is 0 Å². The number of anilines is 1. The van der Waals surface area contributed by atoms with Crippen LogP contribution in [0.2, 0.25) is 0 Å². The fraction of sp³-hybridized carbons (Fsp3) is 0.529. The zero-order chi connectivity index (χ0) is 16.2. The lowest BCUT2D eigenvalue weighted by atomic mass is 9.99. The fourth-order valence-electron chi connectivity index (χ4n) is 3.08. The van der Waals surface area contributed by atoms with E-state index in [1.807, 2.05) is 36.2 Å². The third kappa shape index (κ3) is 4.06. The van der Waals surface area contributed by atoms with Crippen LogP contribution in [0, 0.1) is 5.92 Å². The lowest BCUT2D eigenvalue weighted by molar-refractivity contribution is 0.294. The van der Waals surface area contributed by atoms with Crippen LogP contribution in [0.1, 0.15) is 26.7 Å². The van der Waals surface area contributed by atoms with Gasteiger partial charge in [-0.2, -0.15) is 5.10 Å². The van der Waals surface area contributed by atoms with Crippen molar-refractivity contribution >= 4 is 28.5 Å². The van der Waals surface area contributed by atoms with Crippen LogP contribution in [0.15, 0.2) is 29.1 Å². The van der Waals surface area contributed by atoms with Crippen molar-refractivity contribution in [2.75, 3.05) is 25.0 Å². The minimum Gasteiger partial charge on any atom is -0.368 e. The Morgan fingerprint density at radius 1 is 1.39 bits per heavy atom. The van der Waals surface area contributed by atoms with E-state index in [1.165, 1.54) is 19.4 Å². The highest BCUT2D eigenvalue weighted by molar-refractivity contribution is 7.97. The maximum absolute atomic E-state index is 11.8. The predicted octanol–water partition coefficient (Wildman–Crippen LogP) is 3.10. The molecule has 0 bridgehead atoms. The molecule has 0 aliphatic carbocycles. The van der Waals surface area contributed by atoms with Gasteiger partial charge in [0.15, 0.2) is 5.82 Å². The van der Waals surface area contributed by atoms with Crippen LogP contribution in [-0.2, 0) is 0 Å². The first-order chi connectivity index (χ1) is 11.1. The molecule has 124 valence electrons. The molecule has 1 saturated heterocycles. The summed E-state index contributed by atoms with van der Waals surface area (Å²) in [6, 6.07) is 7.60. The molecule has 6 heteroatoms. The van der Waals surface area contributed by atoms with Gasteiger partial charge in [-0.25, -0.2) is 5.10 Å². The van der Waals surface area contributed by atoms with Gasteiger partial charge in [0.05, 0.1) is 5.39 Å². The molecule has 23 heavy (non-hydrogen) atoms. The molecular weight excluding hydrogens is 308 g/mol. The zero-order valence-corrected chi connectivity index (χ0v) is 14.5. The monoisotopic (exact) mass is 332 g/mol. The number of nitrogens with zero attached hydrogens (tertiary/aromatic N) is 2. The van der Waals surface area contributed by atoms with E-state index in [0.29, 0.717) is 16.6 Å². The van der Waals surface area contributed by atoms with E-state index >= 15 is 0 Å². The van der Waals surface area contributed by atoms with Crippen LogP contribution in [0.3, 0.4) is 0 Å². The SMILES string of the molecule is CC(C)SN1CCCC(CNc2n[nH]c(=O)c3ccccc23)C1. The molecule has 1 aliphatic heterocycles. The molecule has 0 spiro atoms.